The third kappa shape index (κ3) is 5.78. The van der Waals surface area contributed by atoms with Crippen molar-refractivity contribution in [3.63, 3.8) is 0 Å². The van der Waals surface area contributed by atoms with Gasteiger partial charge < -0.3 is 20.1 Å². The molecule has 5 nitrogen and oxygen atoms in total. The van der Waals surface area contributed by atoms with Crippen LogP contribution in [-0.2, 0) is 17.6 Å². The fraction of sp³-hybridized carbons (Fsp3) is 0.385. The number of carboxylic acids is 1. The second-order valence-corrected chi connectivity index (χ2v) is 9.96. The SMILES string of the molecule is CC(C)c1nc2sc3c(c2c(-c2ccc(F)cc2)c1/C=C/C(O)CC(O)CC(=O)[O-])CCC3.[Na+]. The van der Waals surface area contributed by atoms with Gasteiger partial charge in [0, 0.05) is 40.2 Å². The van der Waals surface area contributed by atoms with Crippen LogP contribution < -0.4 is 34.7 Å². The summed E-state index contributed by atoms with van der Waals surface area (Å²) >= 11 is 1.72. The minimum Gasteiger partial charge on any atom is -0.550 e. The fourth-order valence-corrected chi connectivity index (χ4v) is 5.80. The number of benzene rings is 1. The predicted octanol–water partition coefficient (Wildman–Crippen LogP) is 0.984. The second-order valence-electron chi connectivity index (χ2n) is 8.88. The summed E-state index contributed by atoms with van der Waals surface area (Å²) in [5, 5.41) is 32.1. The van der Waals surface area contributed by atoms with E-state index in [-0.39, 0.29) is 47.7 Å². The van der Waals surface area contributed by atoms with Gasteiger partial charge in [0.25, 0.3) is 0 Å². The Morgan fingerprint density at radius 1 is 1.24 bits per heavy atom. The van der Waals surface area contributed by atoms with Crippen LogP contribution in [0.2, 0.25) is 0 Å². The van der Waals surface area contributed by atoms with E-state index in [1.54, 1.807) is 35.6 Å². The number of pyridine rings is 1. The van der Waals surface area contributed by atoms with Crippen LogP contribution in [0.3, 0.4) is 0 Å². The second kappa shape index (κ2) is 11.4. The minimum absolute atomic E-state index is 0. The zero-order valence-corrected chi connectivity index (χ0v) is 22.5. The third-order valence-electron chi connectivity index (χ3n) is 6.00. The third-order valence-corrected chi connectivity index (χ3v) is 7.19. The van der Waals surface area contributed by atoms with Gasteiger partial charge in [-0.3, -0.25) is 0 Å². The van der Waals surface area contributed by atoms with Crippen molar-refractivity contribution in [3.05, 3.63) is 57.9 Å². The Hall–Kier alpha value is -1.61. The molecular weight excluding hydrogens is 464 g/mol. The zero-order chi connectivity index (χ0) is 23.7. The number of carbonyl (C=O) groups is 1. The Bertz CT molecular complexity index is 1210. The van der Waals surface area contributed by atoms with Crippen molar-refractivity contribution < 1.29 is 54.1 Å². The molecule has 0 spiro atoms. The van der Waals surface area contributed by atoms with Crippen molar-refractivity contribution in [2.24, 2.45) is 0 Å². The molecular formula is C26H27FNNaO4S. The van der Waals surface area contributed by atoms with Crippen LogP contribution in [0.4, 0.5) is 4.39 Å². The largest absolute Gasteiger partial charge is 1.00 e. The molecule has 2 aromatic heterocycles. The molecule has 1 aromatic carbocycles. The summed E-state index contributed by atoms with van der Waals surface area (Å²) in [4.78, 5) is 18.0. The van der Waals surface area contributed by atoms with Gasteiger partial charge >= 0.3 is 29.6 Å². The van der Waals surface area contributed by atoms with E-state index >= 15 is 0 Å². The van der Waals surface area contributed by atoms with Crippen LogP contribution in [0, 0.1) is 5.82 Å². The number of aromatic nitrogens is 1. The quantitative estimate of drug-likeness (QED) is 0.459. The minimum atomic E-state index is -1.36. The van der Waals surface area contributed by atoms with E-state index in [9.17, 15) is 24.5 Å². The number of nitrogens with zero attached hydrogens (tertiary/aromatic N) is 1. The first-order chi connectivity index (χ1) is 15.7. The molecule has 2 unspecified atom stereocenters. The Morgan fingerprint density at radius 2 is 1.94 bits per heavy atom. The molecule has 174 valence electrons. The average molecular weight is 492 g/mol. The van der Waals surface area contributed by atoms with Crippen molar-refractivity contribution in [3.8, 4) is 11.1 Å². The molecule has 0 bridgehead atoms. The van der Waals surface area contributed by atoms with Gasteiger partial charge in [-0.15, -0.1) is 11.3 Å². The Balaban J connectivity index is 0.00000324. The van der Waals surface area contributed by atoms with Crippen LogP contribution in [-0.4, -0.2) is 33.4 Å². The average Bonchev–Trinajstić information content (AvgIpc) is 3.32. The normalized spacial score (nSPS) is 15.0. The van der Waals surface area contributed by atoms with Crippen molar-refractivity contribution in [2.45, 2.75) is 64.1 Å². The molecule has 1 aliphatic carbocycles. The van der Waals surface area contributed by atoms with Gasteiger partial charge in [-0.05, 0) is 48.4 Å². The molecule has 0 fully saturated rings. The van der Waals surface area contributed by atoms with E-state index in [4.69, 9.17) is 4.98 Å². The maximum Gasteiger partial charge on any atom is 1.00 e. The van der Waals surface area contributed by atoms with Crippen LogP contribution in [0.15, 0.2) is 30.3 Å². The van der Waals surface area contributed by atoms with Gasteiger partial charge in [-0.25, -0.2) is 9.37 Å². The van der Waals surface area contributed by atoms with Crippen molar-refractivity contribution in [1.29, 1.82) is 0 Å². The summed E-state index contributed by atoms with van der Waals surface area (Å²) in [6.45, 7) is 4.11. The van der Waals surface area contributed by atoms with Crippen LogP contribution >= 0.6 is 11.3 Å². The Morgan fingerprint density at radius 3 is 2.59 bits per heavy atom. The number of hydrogen-bond acceptors (Lipinski definition) is 6. The van der Waals surface area contributed by atoms with Crippen molar-refractivity contribution in [2.75, 3.05) is 0 Å². The molecule has 0 saturated carbocycles. The molecule has 34 heavy (non-hydrogen) atoms. The molecule has 0 radical (unpaired) electrons. The number of thiophene rings is 1. The number of aliphatic hydroxyl groups is 2. The standard InChI is InChI=1S/C26H28FNO4S.Na/c1-14(2)25-20(11-10-17(29)12-18(30)13-22(31)32)23(15-6-8-16(27)9-7-15)24-19-4-3-5-21(19)33-26(24)28-25;/h6-11,14,17-18,29-30H,3-5,12-13H2,1-2H3,(H,31,32);/q;+1/p-1/b11-10+;. The van der Waals surface area contributed by atoms with Gasteiger partial charge in [0.15, 0.2) is 0 Å². The summed E-state index contributed by atoms with van der Waals surface area (Å²) in [5.41, 5.74) is 4.88. The first kappa shape index (κ1) is 27.0. The smallest absolute Gasteiger partial charge is 0.550 e. The summed E-state index contributed by atoms with van der Waals surface area (Å²) in [5.74, 6) is -1.57. The number of rotatable bonds is 8. The van der Waals surface area contributed by atoms with Crippen LogP contribution in [0.1, 0.15) is 60.7 Å². The Kier molecular flexibility index (Phi) is 9.06. The predicted molar refractivity (Wildman–Crippen MR) is 126 cm³/mol. The van der Waals surface area contributed by atoms with E-state index in [0.29, 0.717) is 0 Å². The molecule has 4 rings (SSSR count). The number of aliphatic carboxylic acids is 1. The zero-order valence-electron chi connectivity index (χ0n) is 19.7. The van der Waals surface area contributed by atoms with E-state index in [2.05, 4.69) is 13.8 Å². The topological polar surface area (TPSA) is 93.5 Å². The van der Waals surface area contributed by atoms with Gasteiger partial charge in [-0.1, -0.05) is 38.1 Å². The van der Waals surface area contributed by atoms with Crippen molar-refractivity contribution >= 4 is 33.6 Å². The molecule has 0 amide bonds. The molecule has 8 heteroatoms. The molecule has 0 aliphatic heterocycles. The molecule has 2 N–H and O–H groups in total. The Labute approximate surface area is 224 Å². The van der Waals surface area contributed by atoms with Gasteiger partial charge in [0.2, 0.25) is 0 Å². The number of carboxylic acid groups (broad SMARTS) is 1. The molecule has 0 saturated heterocycles. The maximum atomic E-state index is 13.7. The number of halogens is 1. The van der Waals surface area contributed by atoms with E-state index in [0.717, 1.165) is 51.9 Å². The van der Waals surface area contributed by atoms with Gasteiger partial charge in [-0.2, -0.15) is 0 Å². The monoisotopic (exact) mass is 491 g/mol. The molecule has 3 aromatic rings. The molecule has 2 atom stereocenters. The van der Waals surface area contributed by atoms with Crippen LogP contribution in [0.5, 0.6) is 0 Å². The summed E-state index contributed by atoms with van der Waals surface area (Å²) in [6.07, 6.45) is 3.61. The van der Waals surface area contributed by atoms with E-state index < -0.39 is 24.6 Å². The van der Waals surface area contributed by atoms with Crippen molar-refractivity contribution in [1.82, 2.24) is 4.98 Å². The molecule has 2 heterocycles. The fourth-order valence-electron chi connectivity index (χ4n) is 4.52. The number of aliphatic hydroxyl groups excluding tert-OH is 2. The van der Waals surface area contributed by atoms with E-state index in [1.165, 1.54) is 22.6 Å². The first-order valence-corrected chi connectivity index (χ1v) is 12.0. The summed E-state index contributed by atoms with van der Waals surface area (Å²) in [7, 11) is 0. The summed E-state index contributed by atoms with van der Waals surface area (Å²) < 4.78 is 13.7. The number of aryl methyl sites for hydroxylation is 2. The maximum absolute atomic E-state index is 13.7. The first-order valence-electron chi connectivity index (χ1n) is 11.2. The van der Waals surface area contributed by atoms with Gasteiger partial charge in [0.05, 0.1) is 17.9 Å². The number of carbonyl (C=O) groups excluding carboxylic acids is 1. The van der Waals surface area contributed by atoms with E-state index in [1.807, 2.05) is 0 Å². The van der Waals surface area contributed by atoms with Gasteiger partial charge in [0.1, 0.15) is 10.6 Å². The van der Waals surface area contributed by atoms with Crippen LogP contribution in [0.25, 0.3) is 27.4 Å². The summed E-state index contributed by atoms with van der Waals surface area (Å²) in [6, 6.07) is 6.43. The molecule has 1 aliphatic rings. The number of fused-ring (bicyclic) bond motifs is 3. The number of hydrogen-bond donors (Lipinski definition) is 2.